The minimum atomic E-state index is -1.17. The van der Waals surface area contributed by atoms with Crippen molar-refractivity contribution in [2.75, 3.05) is 61.5 Å². The number of benzene rings is 1. The maximum absolute atomic E-state index is 13.8. The smallest absolute Gasteiger partial charge is 0.338 e. The molecule has 0 saturated carbocycles. The van der Waals surface area contributed by atoms with Crippen LogP contribution in [0.1, 0.15) is 58.1 Å². The van der Waals surface area contributed by atoms with E-state index in [1.54, 1.807) is 7.11 Å². The molecule has 11 nitrogen and oxygen atoms in total. The van der Waals surface area contributed by atoms with Crippen LogP contribution in [-0.2, 0) is 59.3 Å². The molecule has 0 spiro atoms. The van der Waals surface area contributed by atoms with Gasteiger partial charge >= 0.3 is 5.97 Å². The third kappa shape index (κ3) is 12.3. The van der Waals surface area contributed by atoms with Crippen molar-refractivity contribution in [1.29, 1.82) is 0 Å². The fourth-order valence-corrected chi connectivity index (χ4v) is 4.89. The highest BCUT2D eigenvalue weighted by molar-refractivity contribution is 5.81. The molecule has 2 unspecified atom stereocenters. The van der Waals surface area contributed by atoms with Crippen LogP contribution in [0.25, 0.3) is 0 Å². The van der Waals surface area contributed by atoms with E-state index in [1.807, 2.05) is 58.0 Å². The number of carbonyl (C=O) groups is 2. The van der Waals surface area contributed by atoms with Gasteiger partial charge < -0.3 is 43.0 Å². The lowest BCUT2D eigenvalue weighted by atomic mass is 9.76. The Bertz CT molecular complexity index is 1020. The van der Waals surface area contributed by atoms with Crippen LogP contribution in [0.3, 0.4) is 0 Å². The molecule has 0 radical (unpaired) electrons. The van der Waals surface area contributed by atoms with E-state index in [0.29, 0.717) is 31.8 Å². The van der Waals surface area contributed by atoms with Crippen LogP contribution in [-0.4, -0.2) is 103 Å². The fourth-order valence-electron chi connectivity index (χ4n) is 4.89. The van der Waals surface area contributed by atoms with Gasteiger partial charge in [0.15, 0.2) is 6.10 Å². The van der Waals surface area contributed by atoms with Crippen LogP contribution in [0.15, 0.2) is 35.9 Å². The number of Topliss-reactive ketones (excluding diaryl/α,β-unsaturated/α-hetero) is 1. The number of cyclic esters (lactones) is 1. The van der Waals surface area contributed by atoms with E-state index in [-0.39, 0.29) is 44.9 Å². The van der Waals surface area contributed by atoms with Crippen molar-refractivity contribution >= 4 is 11.8 Å². The largest absolute Gasteiger partial charge is 0.455 e. The zero-order chi connectivity index (χ0) is 32.5. The number of methoxy groups -OCH3 is 3. The second-order valence-corrected chi connectivity index (χ2v) is 11.6. The number of esters is 1. The summed E-state index contributed by atoms with van der Waals surface area (Å²) in [6.45, 7) is 8.82. The third-order valence-electron chi connectivity index (χ3n) is 7.83. The van der Waals surface area contributed by atoms with Gasteiger partial charge in [-0.3, -0.25) is 4.79 Å². The Kier molecular flexibility index (Phi) is 17.3. The lowest BCUT2D eigenvalue weighted by molar-refractivity contribution is -0.192. The van der Waals surface area contributed by atoms with Gasteiger partial charge in [-0.15, -0.1) is 0 Å². The van der Waals surface area contributed by atoms with Gasteiger partial charge in [0.05, 0.1) is 25.9 Å². The van der Waals surface area contributed by atoms with Crippen LogP contribution in [0.4, 0.5) is 0 Å². The van der Waals surface area contributed by atoms with Gasteiger partial charge in [-0.2, -0.15) is 0 Å². The predicted octanol–water partition coefficient (Wildman–Crippen LogP) is 3.73. The number of rotatable bonds is 16. The van der Waals surface area contributed by atoms with Crippen molar-refractivity contribution in [3.05, 3.63) is 47.0 Å². The number of ketones is 1. The van der Waals surface area contributed by atoms with Crippen molar-refractivity contribution in [3.8, 4) is 0 Å². The molecular formula is C33H52O11. The van der Waals surface area contributed by atoms with E-state index in [1.165, 1.54) is 14.2 Å². The summed E-state index contributed by atoms with van der Waals surface area (Å²) in [5, 5.41) is 11.2. The molecule has 1 aliphatic rings. The summed E-state index contributed by atoms with van der Waals surface area (Å²) in [5.41, 5.74) is 1.68. The highest BCUT2D eigenvalue weighted by Crippen LogP contribution is 2.31. The maximum Gasteiger partial charge on any atom is 0.338 e. The van der Waals surface area contributed by atoms with E-state index in [9.17, 15) is 14.7 Å². The number of fused-ring (bicyclic) bond motifs is 2. The Morgan fingerprint density at radius 1 is 1.00 bits per heavy atom. The summed E-state index contributed by atoms with van der Waals surface area (Å²) < 4.78 is 44.1. The van der Waals surface area contributed by atoms with E-state index in [2.05, 4.69) is 0 Å². The first-order valence-corrected chi connectivity index (χ1v) is 15.1. The summed E-state index contributed by atoms with van der Waals surface area (Å²) in [7, 11) is 4.55. The zero-order valence-electron chi connectivity index (χ0n) is 27.4. The molecule has 1 aromatic carbocycles. The molecule has 0 saturated heterocycles. The standard InChI is InChI=1S/C33H52O11/c1-8-24(19-41-22-40-13-12-37-5)14-23(2)28-17-27(34)18-30(35)33(3,4)26-11-9-10-25(15-26)16-29(42-20-38-6)31(32(36)44-28)43-21-39-7/h9-11,14-15,24,28-31,35H,8,12-13,16-22H2,1-7H3/b23-14-/t24?,28?,29-,30+,31+/m1/s1. The summed E-state index contributed by atoms with van der Waals surface area (Å²) in [6, 6.07) is 7.67. The molecule has 1 aromatic rings. The molecule has 0 amide bonds. The molecule has 0 aliphatic carbocycles. The Morgan fingerprint density at radius 3 is 2.41 bits per heavy atom. The topological polar surface area (TPSA) is 128 Å². The maximum atomic E-state index is 13.8. The van der Waals surface area contributed by atoms with E-state index >= 15 is 0 Å². The van der Waals surface area contributed by atoms with Crippen molar-refractivity contribution in [3.63, 3.8) is 0 Å². The normalized spacial score (nSPS) is 24.0. The third-order valence-corrected chi connectivity index (χ3v) is 7.83. The highest BCUT2D eigenvalue weighted by atomic mass is 16.7. The first-order valence-electron chi connectivity index (χ1n) is 15.1. The summed E-state index contributed by atoms with van der Waals surface area (Å²) in [4.78, 5) is 27.2. The van der Waals surface area contributed by atoms with E-state index in [0.717, 1.165) is 17.5 Å². The molecule has 1 N–H and O–H groups in total. The average Bonchev–Trinajstić information content (AvgIpc) is 3.00. The molecule has 1 aliphatic heterocycles. The first-order chi connectivity index (χ1) is 21.1. The highest BCUT2D eigenvalue weighted by Gasteiger charge is 2.37. The summed E-state index contributed by atoms with van der Waals surface area (Å²) >= 11 is 0. The van der Waals surface area contributed by atoms with Crippen molar-refractivity contribution < 1.29 is 52.6 Å². The Morgan fingerprint density at radius 2 is 1.73 bits per heavy atom. The van der Waals surface area contributed by atoms with E-state index < -0.39 is 35.8 Å². The molecule has 5 atom stereocenters. The van der Waals surface area contributed by atoms with Gasteiger partial charge in [0, 0.05) is 51.9 Å². The van der Waals surface area contributed by atoms with Crippen molar-refractivity contribution in [1.82, 2.24) is 0 Å². The number of aliphatic hydroxyl groups is 1. The fraction of sp³-hybridized carbons (Fsp3) is 0.697. The second kappa shape index (κ2) is 20.0. The Hall–Kier alpha value is -2.22. The minimum absolute atomic E-state index is 0.0178. The van der Waals surface area contributed by atoms with Gasteiger partial charge in [-0.05, 0) is 30.0 Å². The minimum Gasteiger partial charge on any atom is -0.455 e. The number of aliphatic hydroxyl groups excluding tert-OH is 1. The average molecular weight is 625 g/mol. The molecular weight excluding hydrogens is 572 g/mol. The number of hydrogen-bond donors (Lipinski definition) is 1. The van der Waals surface area contributed by atoms with Gasteiger partial charge in [0.25, 0.3) is 0 Å². The number of hydrogen-bond acceptors (Lipinski definition) is 11. The number of carbonyl (C=O) groups excluding carboxylic acids is 2. The molecule has 11 heteroatoms. The van der Waals surface area contributed by atoms with Gasteiger partial charge in [-0.1, -0.05) is 51.1 Å². The molecule has 2 rings (SSSR count). The molecule has 250 valence electrons. The zero-order valence-corrected chi connectivity index (χ0v) is 27.4. The quantitative estimate of drug-likeness (QED) is 0.125. The Labute approximate surface area is 262 Å². The molecule has 0 aromatic heterocycles. The van der Waals surface area contributed by atoms with Crippen LogP contribution in [0.2, 0.25) is 0 Å². The first kappa shape index (κ1) is 38.0. The monoisotopic (exact) mass is 624 g/mol. The summed E-state index contributed by atoms with van der Waals surface area (Å²) in [6.07, 6.45) is -1.01. The van der Waals surface area contributed by atoms with Crippen LogP contribution >= 0.6 is 0 Å². The van der Waals surface area contributed by atoms with E-state index in [4.69, 9.17) is 37.9 Å². The SMILES string of the molecule is CCC(/C=C(/C)C1CC(=O)C[C@H](O)C(C)(C)c2cccc(c2)C[C@@H](OCOC)[C@H](OCOC)C(=O)O1)COCOCCOC. The molecule has 44 heavy (non-hydrogen) atoms. The lowest BCUT2D eigenvalue weighted by Crippen LogP contribution is -2.44. The molecule has 0 fully saturated rings. The summed E-state index contributed by atoms with van der Waals surface area (Å²) in [5.74, 6) is -0.948. The Balaban J connectivity index is 2.44. The molecule has 2 bridgehead atoms. The van der Waals surface area contributed by atoms with Gasteiger partial charge in [0.2, 0.25) is 0 Å². The van der Waals surface area contributed by atoms with Crippen LogP contribution in [0.5, 0.6) is 0 Å². The predicted molar refractivity (Wildman–Crippen MR) is 163 cm³/mol. The lowest BCUT2D eigenvalue weighted by Gasteiger charge is -2.33. The van der Waals surface area contributed by atoms with Gasteiger partial charge in [-0.25, -0.2) is 4.79 Å². The van der Waals surface area contributed by atoms with Crippen molar-refractivity contribution in [2.24, 2.45) is 5.92 Å². The number of ether oxygens (including phenoxy) is 8. The van der Waals surface area contributed by atoms with Crippen LogP contribution in [0, 0.1) is 5.92 Å². The van der Waals surface area contributed by atoms with Gasteiger partial charge in [0.1, 0.15) is 38.4 Å². The van der Waals surface area contributed by atoms with Crippen molar-refractivity contribution in [2.45, 2.75) is 83.2 Å². The second-order valence-electron chi connectivity index (χ2n) is 11.6. The van der Waals surface area contributed by atoms with Crippen LogP contribution < -0.4 is 0 Å². The molecule has 1 heterocycles.